The van der Waals surface area contributed by atoms with Gasteiger partial charge in [0.2, 0.25) is 0 Å². The van der Waals surface area contributed by atoms with Crippen LogP contribution in [0.1, 0.15) is 45.8 Å². The van der Waals surface area contributed by atoms with Crippen molar-refractivity contribution in [3.05, 3.63) is 30.1 Å². The maximum atomic E-state index is 10.2. The van der Waals surface area contributed by atoms with Crippen molar-refractivity contribution < 1.29 is 9.84 Å². The minimum atomic E-state index is -0.629. The van der Waals surface area contributed by atoms with Crippen molar-refractivity contribution >= 4 is 5.96 Å². The molecule has 0 aliphatic carbocycles. The van der Waals surface area contributed by atoms with E-state index in [2.05, 4.69) is 34.5 Å². The number of nitrogens with zero attached hydrogens (tertiary/aromatic N) is 2. The van der Waals surface area contributed by atoms with Gasteiger partial charge in [0.1, 0.15) is 0 Å². The fraction of sp³-hybridized carbons (Fsp3) is 0.667. The third-order valence-electron chi connectivity index (χ3n) is 3.70. The highest BCUT2D eigenvalue weighted by molar-refractivity contribution is 5.79. The van der Waals surface area contributed by atoms with Gasteiger partial charge in [-0.25, -0.2) is 0 Å². The SMILES string of the molecule is CCNC(=NCC(O)c1ccncc1)NCCC(OCC)C(C)C. The number of guanidine groups is 1. The van der Waals surface area contributed by atoms with E-state index in [9.17, 15) is 5.11 Å². The molecule has 0 aromatic carbocycles. The van der Waals surface area contributed by atoms with Gasteiger partial charge in [0.25, 0.3) is 0 Å². The average molecular weight is 336 g/mol. The van der Waals surface area contributed by atoms with Crippen LogP contribution < -0.4 is 10.6 Å². The van der Waals surface area contributed by atoms with E-state index in [0.717, 1.165) is 31.7 Å². The Hall–Kier alpha value is -1.66. The molecule has 0 saturated heterocycles. The Morgan fingerprint density at radius 1 is 1.25 bits per heavy atom. The van der Waals surface area contributed by atoms with Crippen LogP contribution in [0.5, 0.6) is 0 Å². The van der Waals surface area contributed by atoms with Crippen molar-refractivity contribution in [2.75, 3.05) is 26.2 Å². The number of hydrogen-bond acceptors (Lipinski definition) is 4. The van der Waals surface area contributed by atoms with Crippen molar-refractivity contribution in [2.45, 2.75) is 46.3 Å². The molecule has 0 fully saturated rings. The van der Waals surface area contributed by atoms with Crippen LogP contribution >= 0.6 is 0 Å². The van der Waals surface area contributed by atoms with E-state index >= 15 is 0 Å². The molecule has 0 aliphatic heterocycles. The minimum absolute atomic E-state index is 0.243. The Labute approximate surface area is 145 Å². The molecule has 1 heterocycles. The van der Waals surface area contributed by atoms with Crippen LogP contribution in [0, 0.1) is 5.92 Å². The third kappa shape index (κ3) is 7.75. The summed E-state index contributed by atoms with van der Waals surface area (Å²) >= 11 is 0. The summed E-state index contributed by atoms with van der Waals surface area (Å²) in [4.78, 5) is 8.42. The molecule has 2 atom stereocenters. The smallest absolute Gasteiger partial charge is 0.191 e. The first-order chi connectivity index (χ1) is 11.6. The van der Waals surface area contributed by atoms with Gasteiger partial charge in [-0.05, 0) is 43.9 Å². The molecule has 1 aromatic heterocycles. The molecule has 1 aromatic rings. The minimum Gasteiger partial charge on any atom is -0.386 e. The van der Waals surface area contributed by atoms with E-state index in [1.807, 2.05) is 13.8 Å². The summed E-state index contributed by atoms with van der Waals surface area (Å²) in [6.45, 7) is 11.0. The van der Waals surface area contributed by atoms with Gasteiger partial charge in [0.15, 0.2) is 5.96 Å². The summed E-state index contributed by atoms with van der Waals surface area (Å²) in [6, 6.07) is 3.60. The molecular formula is C18H32N4O2. The van der Waals surface area contributed by atoms with E-state index in [0.29, 0.717) is 18.4 Å². The van der Waals surface area contributed by atoms with Gasteiger partial charge in [-0.1, -0.05) is 13.8 Å². The van der Waals surface area contributed by atoms with Crippen molar-refractivity contribution in [1.82, 2.24) is 15.6 Å². The van der Waals surface area contributed by atoms with Crippen LogP contribution in [-0.4, -0.2) is 48.4 Å². The number of nitrogens with one attached hydrogen (secondary N) is 2. The lowest BCUT2D eigenvalue weighted by molar-refractivity contribution is 0.0258. The second-order valence-corrected chi connectivity index (χ2v) is 5.97. The first-order valence-electron chi connectivity index (χ1n) is 8.80. The highest BCUT2D eigenvalue weighted by Crippen LogP contribution is 2.11. The predicted molar refractivity (Wildman–Crippen MR) is 98.0 cm³/mol. The van der Waals surface area contributed by atoms with E-state index in [4.69, 9.17) is 4.74 Å². The van der Waals surface area contributed by atoms with Gasteiger partial charge in [-0.3, -0.25) is 9.98 Å². The number of hydrogen-bond donors (Lipinski definition) is 3. The highest BCUT2D eigenvalue weighted by atomic mass is 16.5. The third-order valence-corrected chi connectivity index (χ3v) is 3.70. The predicted octanol–water partition coefficient (Wildman–Crippen LogP) is 2.12. The summed E-state index contributed by atoms with van der Waals surface area (Å²) in [5.74, 6) is 1.20. The van der Waals surface area contributed by atoms with E-state index in [-0.39, 0.29) is 6.10 Å². The average Bonchev–Trinajstić information content (AvgIpc) is 2.59. The number of pyridine rings is 1. The number of rotatable bonds is 10. The molecule has 136 valence electrons. The summed E-state index contributed by atoms with van der Waals surface area (Å²) in [5, 5.41) is 16.7. The lowest BCUT2D eigenvalue weighted by Gasteiger charge is -2.21. The zero-order chi connectivity index (χ0) is 17.8. The molecule has 6 nitrogen and oxygen atoms in total. The van der Waals surface area contributed by atoms with Gasteiger partial charge in [-0.2, -0.15) is 0 Å². The zero-order valence-electron chi connectivity index (χ0n) is 15.3. The Bertz CT molecular complexity index is 465. The molecule has 0 aliphatic rings. The van der Waals surface area contributed by atoms with Crippen molar-refractivity contribution in [1.29, 1.82) is 0 Å². The fourth-order valence-corrected chi connectivity index (χ4v) is 2.37. The quantitative estimate of drug-likeness (QED) is 0.450. The summed E-state index contributed by atoms with van der Waals surface area (Å²) in [5.41, 5.74) is 0.820. The van der Waals surface area contributed by atoms with Gasteiger partial charge < -0.3 is 20.5 Å². The molecule has 3 N–H and O–H groups in total. The Morgan fingerprint density at radius 3 is 2.54 bits per heavy atom. The molecule has 0 bridgehead atoms. The molecule has 0 radical (unpaired) electrons. The maximum absolute atomic E-state index is 10.2. The highest BCUT2D eigenvalue weighted by Gasteiger charge is 2.13. The number of aliphatic imine (C=N–C) groups is 1. The first-order valence-corrected chi connectivity index (χ1v) is 8.80. The van der Waals surface area contributed by atoms with Gasteiger partial charge >= 0.3 is 0 Å². The normalized spacial score (nSPS) is 14.5. The molecular weight excluding hydrogens is 304 g/mol. The van der Waals surface area contributed by atoms with Crippen molar-refractivity contribution in [3.63, 3.8) is 0 Å². The molecule has 2 unspecified atom stereocenters. The second-order valence-electron chi connectivity index (χ2n) is 5.97. The Morgan fingerprint density at radius 2 is 1.96 bits per heavy atom. The van der Waals surface area contributed by atoms with Crippen LogP contribution in [0.3, 0.4) is 0 Å². The van der Waals surface area contributed by atoms with Crippen LogP contribution in [0.2, 0.25) is 0 Å². The van der Waals surface area contributed by atoms with Crippen molar-refractivity contribution in [2.24, 2.45) is 10.9 Å². The lowest BCUT2D eigenvalue weighted by Crippen LogP contribution is -2.39. The summed E-state index contributed by atoms with van der Waals surface area (Å²) in [6.07, 6.45) is 3.88. The van der Waals surface area contributed by atoms with Gasteiger partial charge in [-0.15, -0.1) is 0 Å². The maximum Gasteiger partial charge on any atom is 0.191 e. The molecule has 24 heavy (non-hydrogen) atoms. The largest absolute Gasteiger partial charge is 0.386 e. The summed E-state index contributed by atoms with van der Waals surface area (Å²) in [7, 11) is 0. The van der Waals surface area contributed by atoms with Crippen LogP contribution in [0.4, 0.5) is 0 Å². The van der Waals surface area contributed by atoms with E-state index in [1.54, 1.807) is 24.5 Å². The molecule has 0 spiro atoms. The fourth-order valence-electron chi connectivity index (χ4n) is 2.37. The van der Waals surface area contributed by atoms with E-state index in [1.165, 1.54) is 0 Å². The summed E-state index contributed by atoms with van der Waals surface area (Å²) < 4.78 is 5.76. The number of ether oxygens (including phenoxy) is 1. The monoisotopic (exact) mass is 336 g/mol. The first kappa shape index (κ1) is 20.4. The van der Waals surface area contributed by atoms with Crippen LogP contribution in [0.15, 0.2) is 29.5 Å². The number of aromatic nitrogens is 1. The Balaban J connectivity index is 2.50. The molecule has 0 saturated carbocycles. The topological polar surface area (TPSA) is 78.8 Å². The standard InChI is InChI=1S/C18H32N4O2/c1-5-20-18(21-12-9-17(14(3)4)24-6-2)22-13-16(23)15-7-10-19-11-8-15/h7-8,10-11,14,16-17,23H,5-6,9,12-13H2,1-4H3,(H2,20,21,22). The van der Waals surface area contributed by atoms with E-state index < -0.39 is 6.10 Å². The van der Waals surface area contributed by atoms with Crippen LogP contribution in [-0.2, 0) is 4.74 Å². The zero-order valence-corrected chi connectivity index (χ0v) is 15.3. The lowest BCUT2D eigenvalue weighted by atomic mass is 10.0. The van der Waals surface area contributed by atoms with Gasteiger partial charge in [0.05, 0.1) is 18.8 Å². The molecule has 1 rings (SSSR count). The molecule has 0 amide bonds. The number of aliphatic hydroxyl groups is 1. The van der Waals surface area contributed by atoms with Crippen molar-refractivity contribution in [3.8, 4) is 0 Å². The number of aliphatic hydroxyl groups excluding tert-OH is 1. The molecule has 6 heteroatoms. The van der Waals surface area contributed by atoms with Crippen LogP contribution in [0.25, 0.3) is 0 Å². The Kier molecular flexibility index (Phi) is 10.0. The van der Waals surface area contributed by atoms with Gasteiger partial charge in [0, 0.05) is 32.1 Å². The second kappa shape index (κ2) is 11.8.